The molecule has 13 heavy (non-hydrogen) atoms. The third-order valence-corrected chi connectivity index (χ3v) is 2.77. The molecular weight excluding hydrogens is 166 g/mol. The predicted molar refractivity (Wildman–Crippen MR) is 49.9 cm³/mol. The van der Waals surface area contributed by atoms with Crippen molar-refractivity contribution in [3.63, 3.8) is 0 Å². The van der Waals surface area contributed by atoms with Gasteiger partial charge in [-0.3, -0.25) is 4.79 Å². The minimum atomic E-state index is -0.399. The molecule has 1 amide bonds. The third kappa shape index (κ3) is 1.31. The van der Waals surface area contributed by atoms with Crippen LogP contribution in [0.15, 0.2) is 12.4 Å². The monoisotopic (exact) mass is 181 g/mol. The molecule has 1 atom stereocenters. The summed E-state index contributed by atoms with van der Waals surface area (Å²) < 4.78 is 0. The summed E-state index contributed by atoms with van der Waals surface area (Å²) in [6, 6.07) is 0. The molecule has 0 aliphatic carbocycles. The van der Waals surface area contributed by atoms with Crippen LogP contribution in [0.4, 0.5) is 0 Å². The molecule has 2 fully saturated rings. The zero-order valence-corrected chi connectivity index (χ0v) is 7.89. The van der Waals surface area contributed by atoms with Crippen molar-refractivity contribution in [3.8, 4) is 0 Å². The van der Waals surface area contributed by atoms with Crippen molar-refractivity contribution < 1.29 is 4.79 Å². The Hall–Kier alpha value is -1.03. The molecule has 2 saturated heterocycles. The normalized spacial score (nSPS) is 34.8. The molecule has 2 aliphatic heterocycles. The Labute approximate surface area is 78.0 Å². The Morgan fingerprint density at radius 3 is 2.92 bits per heavy atom. The maximum atomic E-state index is 11.6. The van der Waals surface area contributed by atoms with E-state index < -0.39 is 5.54 Å². The maximum Gasteiger partial charge on any atom is 0.252 e. The number of hydrogen-bond donors (Lipinski definition) is 2. The number of carbonyl (C=O) groups excluding carboxylic acids is 1. The Balaban J connectivity index is 2.19. The van der Waals surface area contributed by atoms with Gasteiger partial charge in [0.2, 0.25) is 0 Å². The first-order valence-corrected chi connectivity index (χ1v) is 4.59. The molecule has 1 unspecified atom stereocenters. The highest BCUT2D eigenvalue weighted by atomic mass is 16.2. The average Bonchev–Trinajstić information content (AvgIpc) is 2.26. The summed E-state index contributed by atoms with van der Waals surface area (Å²) in [6.45, 7) is 5.57. The lowest BCUT2D eigenvalue weighted by Gasteiger charge is -2.36. The van der Waals surface area contributed by atoms with Crippen molar-refractivity contribution in [2.45, 2.75) is 18.4 Å². The van der Waals surface area contributed by atoms with Crippen LogP contribution in [0.25, 0.3) is 0 Å². The zero-order chi connectivity index (χ0) is 9.47. The standard InChI is InChI=1S/C9H15N3O/c1-7-10-8(13)9(11-7)4-3-5-12(2)6-9/h11H,1,3-6H2,2H3,(H,10,13). The van der Waals surface area contributed by atoms with Gasteiger partial charge in [-0.05, 0) is 26.4 Å². The number of likely N-dealkylation sites (tertiary alicyclic amines) is 1. The highest BCUT2D eigenvalue weighted by Gasteiger charge is 2.45. The van der Waals surface area contributed by atoms with Crippen LogP contribution in [0.5, 0.6) is 0 Å². The molecule has 0 saturated carbocycles. The second-order valence-electron chi connectivity index (χ2n) is 3.98. The first-order valence-electron chi connectivity index (χ1n) is 4.59. The van der Waals surface area contributed by atoms with Crippen molar-refractivity contribution in [3.05, 3.63) is 12.4 Å². The van der Waals surface area contributed by atoms with Crippen LogP contribution in [0.2, 0.25) is 0 Å². The Bertz CT molecular complexity index is 264. The van der Waals surface area contributed by atoms with Crippen molar-refractivity contribution in [1.29, 1.82) is 0 Å². The van der Waals surface area contributed by atoms with Crippen LogP contribution in [0.3, 0.4) is 0 Å². The zero-order valence-electron chi connectivity index (χ0n) is 7.89. The fourth-order valence-electron chi connectivity index (χ4n) is 2.19. The van der Waals surface area contributed by atoms with E-state index in [-0.39, 0.29) is 5.91 Å². The molecule has 72 valence electrons. The van der Waals surface area contributed by atoms with E-state index in [1.54, 1.807) is 0 Å². The van der Waals surface area contributed by atoms with Gasteiger partial charge < -0.3 is 15.5 Å². The molecule has 2 N–H and O–H groups in total. The molecule has 1 spiro atoms. The van der Waals surface area contributed by atoms with Crippen molar-refractivity contribution in [1.82, 2.24) is 15.5 Å². The first-order chi connectivity index (χ1) is 6.12. The molecule has 4 heteroatoms. The van der Waals surface area contributed by atoms with Gasteiger partial charge in [0.1, 0.15) is 5.54 Å². The van der Waals surface area contributed by atoms with E-state index in [9.17, 15) is 4.79 Å². The number of nitrogens with one attached hydrogen (secondary N) is 2. The van der Waals surface area contributed by atoms with Crippen LogP contribution < -0.4 is 10.6 Å². The first kappa shape index (κ1) is 8.56. The molecular formula is C9H15N3O. The second-order valence-corrected chi connectivity index (χ2v) is 3.98. The molecule has 4 nitrogen and oxygen atoms in total. The van der Waals surface area contributed by atoms with Gasteiger partial charge in [-0.25, -0.2) is 0 Å². The van der Waals surface area contributed by atoms with Crippen LogP contribution >= 0.6 is 0 Å². The summed E-state index contributed by atoms with van der Waals surface area (Å²) >= 11 is 0. The molecule has 0 radical (unpaired) electrons. The van der Waals surface area contributed by atoms with E-state index in [2.05, 4.69) is 22.1 Å². The highest BCUT2D eigenvalue weighted by molar-refractivity contribution is 5.91. The molecule has 0 aromatic rings. The summed E-state index contributed by atoms with van der Waals surface area (Å²) in [4.78, 5) is 13.8. The summed E-state index contributed by atoms with van der Waals surface area (Å²) in [5.74, 6) is 0.712. The van der Waals surface area contributed by atoms with E-state index in [1.165, 1.54) is 0 Å². The van der Waals surface area contributed by atoms with Gasteiger partial charge in [0, 0.05) is 6.54 Å². The van der Waals surface area contributed by atoms with Crippen molar-refractivity contribution in [2.75, 3.05) is 20.1 Å². The van der Waals surface area contributed by atoms with Crippen molar-refractivity contribution >= 4 is 5.91 Å². The number of hydrogen-bond acceptors (Lipinski definition) is 3. The molecule has 2 aliphatic rings. The van der Waals surface area contributed by atoms with Gasteiger partial charge in [-0.15, -0.1) is 0 Å². The lowest BCUT2D eigenvalue weighted by molar-refractivity contribution is -0.125. The molecule has 2 rings (SSSR count). The van der Waals surface area contributed by atoms with E-state index in [4.69, 9.17) is 0 Å². The minimum absolute atomic E-state index is 0.0732. The van der Waals surface area contributed by atoms with Gasteiger partial charge in [0.05, 0.1) is 5.82 Å². The van der Waals surface area contributed by atoms with Gasteiger partial charge in [-0.1, -0.05) is 6.58 Å². The Kier molecular flexibility index (Phi) is 1.80. The summed E-state index contributed by atoms with van der Waals surface area (Å²) in [6.07, 6.45) is 1.96. The van der Waals surface area contributed by atoms with E-state index in [0.29, 0.717) is 5.82 Å². The number of piperidine rings is 1. The highest BCUT2D eigenvalue weighted by Crippen LogP contribution is 2.24. The second kappa shape index (κ2) is 2.73. The average molecular weight is 181 g/mol. The van der Waals surface area contributed by atoms with Crippen molar-refractivity contribution in [2.24, 2.45) is 0 Å². The smallest absolute Gasteiger partial charge is 0.252 e. The summed E-state index contributed by atoms with van der Waals surface area (Å²) in [5.41, 5.74) is -0.399. The topological polar surface area (TPSA) is 44.4 Å². The Morgan fingerprint density at radius 2 is 2.38 bits per heavy atom. The largest absolute Gasteiger partial charge is 0.357 e. The number of carbonyl (C=O) groups is 1. The van der Waals surface area contributed by atoms with Crippen LogP contribution in [-0.4, -0.2) is 36.5 Å². The molecule has 2 heterocycles. The van der Waals surface area contributed by atoms with Gasteiger partial charge >= 0.3 is 0 Å². The van der Waals surface area contributed by atoms with Crippen LogP contribution in [0.1, 0.15) is 12.8 Å². The predicted octanol–water partition coefficient (Wildman–Crippen LogP) is -0.359. The van der Waals surface area contributed by atoms with E-state index >= 15 is 0 Å². The molecule has 0 bridgehead atoms. The van der Waals surface area contributed by atoms with Gasteiger partial charge in [0.25, 0.3) is 5.91 Å². The SMILES string of the molecule is C=C1NC(=O)C2(CCCN(C)C2)N1. The fraction of sp³-hybridized carbons (Fsp3) is 0.667. The van der Waals surface area contributed by atoms with E-state index in [1.807, 2.05) is 7.05 Å². The third-order valence-electron chi connectivity index (χ3n) is 2.77. The van der Waals surface area contributed by atoms with Gasteiger partial charge in [0.15, 0.2) is 0 Å². The number of amides is 1. The number of nitrogens with zero attached hydrogens (tertiary/aromatic N) is 1. The van der Waals surface area contributed by atoms with Crippen LogP contribution in [-0.2, 0) is 4.79 Å². The van der Waals surface area contributed by atoms with Gasteiger partial charge in [-0.2, -0.15) is 0 Å². The summed E-state index contributed by atoms with van der Waals surface area (Å²) in [5, 5.41) is 5.88. The molecule has 0 aromatic heterocycles. The number of likely N-dealkylation sites (N-methyl/N-ethyl adjacent to an activating group) is 1. The Morgan fingerprint density at radius 1 is 1.62 bits per heavy atom. The maximum absolute atomic E-state index is 11.6. The summed E-state index contributed by atoms with van der Waals surface area (Å²) in [7, 11) is 2.04. The quantitative estimate of drug-likeness (QED) is 0.536. The lowest BCUT2D eigenvalue weighted by atomic mass is 9.89. The minimum Gasteiger partial charge on any atom is -0.357 e. The fourth-order valence-corrected chi connectivity index (χ4v) is 2.19. The number of rotatable bonds is 0. The molecule has 0 aromatic carbocycles. The van der Waals surface area contributed by atoms with E-state index in [0.717, 1.165) is 25.9 Å². The lowest BCUT2D eigenvalue weighted by Crippen LogP contribution is -2.57. The van der Waals surface area contributed by atoms with Crippen LogP contribution in [0, 0.1) is 0 Å².